The Morgan fingerprint density at radius 1 is 0.968 bits per heavy atom. The van der Waals surface area contributed by atoms with Crippen LogP contribution in [0.2, 0.25) is 0 Å². The lowest BCUT2D eigenvalue weighted by molar-refractivity contribution is 0.0989. The lowest BCUT2D eigenvalue weighted by Crippen LogP contribution is -2.31. The average molecular weight is 481 g/mol. The summed E-state index contributed by atoms with van der Waals surface area (Å²) in [6.07, 6.45) is 0.900. The van der Waals surface area contributed by atoms with Gasteiger partial charge < -0.3 is 15.0 Å². The number of hydrogen-bond acceptors (Lipinski definition) is 3. The number of anilines is 2. The van der Waals surface area contributed by atoms with E-state index in [1.54, 1.807) is 47.4 Å². The third-order valence-electron chi connectivity index (χ3n) is 4.69. The third-order valence-corrected chi connectivity index (χ3v) is 5.31. The highest BCUT2D eigenvalue weighted by molar-refractivity contribution is 9.10. The minimum absolute atomic E-state index is 0.172. The number of carbonyl (C=O) groups excluding carboxylic acids is 2. The highest BCUT2D eigenvalue weighted by Gasteiger charge is 2.20. The first kappa shape index (κ1) is 22.6. The zero-order chi connectivity index (χ0) is 22.2. The number of carbonyl (C=O) groups is 2. The van der Waals surface area contributed by atoms with Gasteiger partial charge in [0.2, 0.25) is 0 Å². The summed E-state index contributed by atoms with van der Waals surface area (Å²) in [5.74, 6) is 0.218. The van der Waals surface area contributed by atoms with Gasteiger partial charge in [0.1, 0.15) is 5.75 Å². The average Bonchev–Trinajstić information content (AvgIpc) is 2.79. The first-order valence-electron chi connectivity index (χ1n) is 10.2. The van der Waals surface area contributed by atoms with Crippen LogP contribution in [0.5, 0.6) is 5.75 Å². The van der Waals surface area contributed by atoms with Crippen molar-refractivity contribution in [2.75, 3.05) is 23.4 Å². The maximum absolute atomic E-state index is 13.3. The standard InChI is InChI=1S/C25H25BrN2O3/c1-3-16-31-23-15-14-18(17-21(23)26)24(29)27-22-13-9-8-12-20(22)25(30)28(4-2)19-10-6-5-7-11-19/h5-15,17H,3-4,16H2,1-2H3,(H,27,29). The van der Waals surface area contributed by atoms with Crippen LogP contribution >= 0.6 is 15.9 Å². The molecule has 0 fully saturated rings. The smallest absolute Gasteiger partial charge is 0.260 e. The Kier molecular flexibility index (Phi) is 7.84. The normalized spacial score (nSPS) is 10.4. The van der Waals surface area contributed by atoms with E-state index in [4.69, 9.17) is 4.74 Å². The minimum atomic E-state index is -0.300. The number of halogens is 1. The number of para-hydroxylation sites is 2. The van der Waals surface area contributed by atoms with Crippen molar-refractivity contribution in [2.24, 2.45) is 0 Å². The van der Waals surface area contributed by atoms with Crippen molar-refractivity contribution in [3.63, 3.8) is 0 Å². The quantitative estimate of drug-likeness (QED) is 0.420. The molecule has 0 spiro atoms. The van der Waals surface area contributed by atoms with Gasteiger partial charge >= 0.3 is 0 Å². The summed E-state index contributed by atoms with van der Waals surface area (Å²) in [6, 6.07) is 21.7. The van der Waals surface area contributed by atoms with E-state index in [2.05, 4.69) is 21.2 Å². The van der Waals surface area contributed by atoms with Crippen molar-refractivity contribution in [1.82, 2.24) is 0 Å². The monoisotopic (exact) mass is 480 g/mol. The number of nitrogens with zero attached hydrogens (tertiary/aromatic N) is 1. The van der Waals surface area contributed by atoms with Gasteiger partial charge in [-0.2, -0.15) is 0 Å². The van der Waals surface area contributed by atoms with Crippen molar-refractivity contribution in [1.29, 1.82) is 0 Å². The molecule has 0 unspecified atom stereocenters. The number of nitrogens with one attached hydrogen (secondary N) is 1. The van der Waals surface area contributed by atoms with Gasteiger partial charge in [0.25, 0.3) is 11.8 Å². The predicted molar refractivity (Wildman–Crippen MR) is 128 cm³/mol. The highest BCUT2D eigenvalue weighted by atomic mass is 79.9. The molecular formula is C25H25BrN2O3. The molecule has 0 aliphatic rings. The van der Waals surface area contributed by atoms with Crippen LogP contribution in [0.15, 0.2) is 77.3 Å². The fraction of sp³-hybridized carbons (Fsp3) is 0.200. The molecule has 6 heteroatoms. The minimum Gasteiger partial charge on any atom is -0.492 e. The number of hydrogen-bond donors (Lipinski definition) is 1. The molecule has 0 heterocycles. The molecule has 0 atom stereocenters. The number of amides is 2. The Morgan fingerprint density at radius 2 is 1.68 bits per heavy atom. The highest BCUT2D eigenvalue weighted by Crippen LogP contribution is 2.27. The van der Waals surface area contributed by atoms with Crippen molar-refractivity contribution in [2.45, 2.75) is 20.3 Å². The summed E-state index contributed by atoms with van der Waals surface area (Å²) in [4.78, 5) is 27.8. The molecule has 0 aliphatic carbocycles. The largest absolute Gasteiger partial charge is 0.492 e. The summed E-state index contributed by atoms with van der Waals surface area (Å²) < 4.78 is 6.35. The molecule has 3 aromatic carbocycles. The molecule has 0 bridgehead atoms. The molecular weight excluding hydrogens is 456 g/mol. The molecule has 3 aromatic rings. The van der Waals surface area contributed by atoms with Crippen LogP contribution in [0.3, 0.4) is 0 Å². The predicted octanol–water partition coefficient (Wildman–Crippen LogP) is 6.16. The maximum Gasteiger partial charge on any atom is 0.260 e. The van der Waals surface area contributed by atoms with Crippen LogP contribution in [0.4, 0.5) is 11.4 Å². The van der Waals surface area contributed by atoms with Gasteiger partial charge in [-0.25, -0.2) is 0 Å². The van der Waals surface area contributed by atoms with E-state index >= 15 is 0 Å². The second-order valence-corrected chi connectivity index (χ2v) is 7.73. The number of benzene rings is 3. The molecule has 0 radical (unpaired) electrons. The summed E-state index contributed by atoms with van der Waals surface area (Å²) in [5.41, 5.74) is 2.17. The molecule has 1 N–H and O–H groups in total. The summed E-state index contributed by atoms with van der Waals surface area (Å²) in [5, 5.41) is 2.88. The fourth-order valence-electron chi connectivity index (χ4n) is 3.14. The summed E-state index contributed by atoms with van der Waals surface area (Å²) >= 11 is 3.46. The van der Waals surface area contributed by atoms with E-state index in [9.17, 15) is 9.59 Å². The Balaban J connectivity index is 1.83. The zero-order valence-electron chi connectivity index (χ0n) is 17.6. The van der Waals surface area contributed by atoms with Crippen LogP contribution in [0.1, 0.15) is 41.0 Å². The third kappa shape index (κ3) is 5.52. The first-order chi connectivity index (χ1) is 15.0. The SMILES string of the molecule is CCCOc1ccc(C(=O)Nc2ccccc2C(=O)N(CC)c2ccccc2)cc1Br. The van der Waals surface area contributed by atoms with Gasteiger partial charge in [-0.1, -0.05) is 37.3 Å². The van der Waals surface area contributed by atoms with Crippen LogP contribution < -0.4 is 15.0 Å². The van der Waals surface area contributed by atoms with Crippen LogP contribution in [0.25, 0.3) is 0 Å². The van der Waals surface area contributed by atoms with E-state index in [-0.39, 0.29) is 11.8 Å². The first-order valence-corrected chi connectivity index (χ1v) is 11.0. The second-order valence-electron chi connectivity index (χ2n) is 6.88. The zero-order valence-corrected chi connectivity index (χ0v) is 19.2. The van der Waals surface area contributed by atoms with Crippen LogP contribution in [-0.2, 0) is 0 Å². The lowest BCUT2D eigenvalue weighted by Gasteiger charge is -2.22. The van der Waals surface area contributed by atoms with Crippen molar-refractivity contribution in [3.8, 4) is 5.75 Å². The Hall–Kier alpha value is -3.12. The van der Waals surface area contributed by atoms with Gasteiger partial charge in [0, 0.05) is 17.8 Å². The van der Waals surface area contributed by atoms with Gasteiger partial charge in [0.15, 0.2) is 0 Å². The molecule has 160 valence electrons. The van der Waals surface area contributed by atoms with Crippen molar-refractivity contribution in [3.05, 3.63) is 88.4 Å². The van der Waals surface area contributed by atoms with Crippen molar-refractivity contribution >= 4 is 39.1 Å². The van der Waals surface area contributed by atoms with Gasteiger partial charge in [-0.15, -0.1) is 0 Å². The van der Waals surface area contributed by atoms with E-state index in [0.717, 1.165) is 12.1 Å². The topological polar surface area (TPSA) is 58.6 Å². The number of rotatable bonds is 8. The molecule has 0 saturated carbocycles. The summed E-state index contributed by atoms with van der Waals surface area (Å²) in [6.45, 7) is 5.07. The van der Waals surface area contributed by atoms with Crippen molar-refractivity contribution < 1.29 is 14.3 Å². The molecule has 0 aliphatic heterocycles. The molecule has 31 heavy (non-hydrogen) atoms. The van der Waals surface area contributed by atoms with Gasteiger partial charge in [-0.3, -0.25) is 9.59 Å². The van der Waals surface area contributed by atoms with E-state index in [0.29, 0.717) is 40.2 Å². The lowest BCUT2D eigenvalue weighted by atomic mass is 10.1. The fourth-order valence-corrected chi connectivity index (χ4v) is 3.63. The Bertz CT molecular complexity index is 1050. The Morgan fingerprint density at radius 3 is 2.35 bits per heavy atom. The van der Waals surface area contributed by atoms with Crippen LogP contribution in [-0.4, -0.2) is 25.0 Å². The van der Waals surface area contributed by atoms with E-state index in [1.807, 2.05) is 44.2 Å². The van der Waals surface area contributed by atoms with Gasteiger partial charge in [-0.05, 0) is 71.7 Å². The van der Waals surface area contributed by atoms with E-state index < -0.39 is 0 Å². The molecule has 3 rings (SSSR count). The molecule has 5 nitrogen and oxygen atoms in total. The van der Waals surface area contributed by atoms with Gasteiger partial charge in [0.05, 0.1) is 22.3 Å². The van der Waals surface area contributed by atoms with Crippen LogP contribution in [0, 0.1) is 0 Å². The van der Waals surface area contributed by atoms with E-state index in [1.165, 1.54) is 0 Å². The number of ether oxygens (including phenoxy) is 1. The molecule has 0 aromatic heterocycles. The second kappa shape index (κ2) is 10.8. The molecule has 2 amide bonds. The Labute approximate surface area is 191 Å². The summed E-state index contributed by atoms with van der Waals surface area (Å²) in [7, 11) is 0. The maximum atomic E-state index is 13.3. The molecule has 0 saturated heterocycles.